The third-order valence-corrected chi connectivity index (χ3v) is 4.67. The van der Waals surface area contributed by atoms with E-state index in [0.717, 1.165) is 7.11 Å². The van der Waals surface area contributed by atoms with Crippen molar-refractivity contribution in [2.75, 3.05) is 21.0 Å². The molecule has 2 rings (SSSR count). The highest BCUT2D eigenvalue weighted by Gasteiger charge is 2.75. The number of ether oxygens (including phenoxy) is 3. The SMILES string of the molecule is COCOC(c1ncc(C(=O)c2ccc(OC)cc2)s1)(C(F)(F)F)C(F)(F)F. The van der Waals surface area contributed by atoms with Gasteiger partial charge in [0.05, 0.1) is 12.0 Å². The number of hydrogen-bond donors (Lipinski definition) is 0. The van der Waals surface area contributed by atoms with Crippen molar-refractivity contribution in [2.24, 2.45) is 0 Å². The number of alkyl halides is 6. The Bertz CT molecular complexity index is 802. The minimum Gasteiger partial charge on any atom is -0.497 e. The Morgan fingerprint density at radius 1 is 1.04 bits per heavy atom. The zero-order chi connectivity index (χ0) is 21.2. The molecule has 0 amide bonds. The van der Waals surface area contributed by atoms with Gasteiger partial charge in [0.2, 0.25) is 5.78 Å². The fraction of sp³-hybridized carbons (Fsp3) is 0.375. The average Bonchev–Trinajstić information content (AvgIpc) is 3.09. The van der Waals surface area contributed by atoms with E-state index in [9.17, 15) is 31.1 Å². The largest absolute Gasteiger partial charge is 0.497 e. The lowest BCUT2D eigenvalue weighted by molar-refractivity contribution is -0.400. The molecule has 2 aromatic rings. The van der Waals surface area contributed by atoms with E-state index in [4.69, 9.17) is 4.74 Å². The predicted octanol–water partition coefficient (Wildman–Crippen LogP) is 4.32. The molecule has 0 saturated heterocycles. The summed E-state index contributed by atoms with van der Waals surface area (Å²) >= 11 is -0.0556. The number of benzene rings is 1. The smallest absolute Gasteiger partial charge is 0.433 e. The molecule has 0 unspecified atom stereocenters. The van der Waals surface area contributed by atoms with Crippen LogP contribution in [-0.2, 0) is 15.1 Å². The Balaban J connectivity index is 2.49. The number of thiazole rings is 1. The van der Waals surface area contributed by atoms with Crippen LogP contribution in [0.1, 0.15) is 20.2 Å². The lowest BCUT2D eigenvalue weighted by atomic mass is 10.0. The Morgan fingerprint density at radius 2 is 1.61 bits per heavy atom. The molecule has 0 fully saturated rings. The molecule has 0 aliphatic rings. The summed E-state index contributed by atoms with van der Waals surface area (Å²) in [5, 5.41) is -1.47. The Morgan fingerprint density at radius 3 is 2.07 bits per heavy atom. The van der Waals surface area contributed by atoms with E-state index < -0.39 is 40.4 Å². The maximum absolute atomic E-state index is 13.5. The molecule has 1 aromatic carbocycles. The summed E-state index contributed by atoms with van der Waals surface area (Å²) < 4.78 is 94.0. The summed E-state index contributed by atoms with van der Waals surface area (Å²) in [4.78, 5) is 15.2. The summed E-state index contributed by atoms with van der Waals surface area (Å²) in [7, 11) is 2.26. The highest BCUT2D eigenvalue weighted by atomic mass is 32.1. The Hall–Kier alpha value is -2.18. The molecular weight excluding hydrogens is 416 g/mol. The Kier molecular flexibility index (Phi) is 6.36. The maximum atomic E-state index is 13.5. The normalized spacial score (nSPS) is 12.9. The molecular formula is C16H13F6NO4S. The van der Waals surface area contributed by atoms with Gasteiger partial charge in [-0.25, -0.2) is 4.98 Å². The van der Waals surface area contributed by atoms with Crippen LogP contribution in [-0.4, -0.2) is 44.1 Å². The van der Waals surface area contributed by atoms with Crippen LogP contribution in [0.3, 0.4) is 0 Å². The second-order valence-corrected chi connectivity index (χ2v) is 6.35. The molecule has 0 saturated carbocycles. The molecule has 5 nitrogen and oxygen atoms in total. The quantitative estimate of drug-likeness (QED) is 0.373. The van der Waals surface area contributed by atoms with Crippen LogP contribution in [0.15, 0.2) is 30.5 Å². The zero-order valence-electron chi connectivity index (χ0n) is 14.4. The lowest BCUT2D eigenvalue weighted by Crippen LogP contribution is -2.56. The van der Waals surface area contributed by atoms with Crippen LogP contribution in [0.2, 0.25) is 0 Å². The second kappa shape index (κ2) is 8.05. The molecule has 0 radical (unpaired) electrons. The number of carbonyl (C=O) groups excluding carboxylic acids is 1. The highest BCUT2D eigenvalue weighted by molar-refractivity contribution is 7.14. The average molecular weight is 429 g/mol. The van der Waals surface area contributed by atoms with Gasteiger partial charge in [-0.3, -0.25) is 4.79 Å². The van der Waals surface area contributed by atoms with Gasteiger partial charge < -0.3 is 14.2 Å². The summed E-state index contributed by atoms with van der Waals surface area (Å²) in [6.45, 7) is -1.29. The third-order valence-electron chi connectivity index (χ3n) is 3.57. The molecule has 1 aromatic heterocycles. The summed E-state index contributed by atoms with van der Waals surface area (Å²) in [6, 6.07) is 5.49. The topological polar surface area (TPSA) is 57.7 Å². The van der Waals surface area contributed by atoms with Gasteiger partial charge in [0.15, 0.2) is 0 Å². The van der Waals surface area contributed by atoms with Crippen LogP contribution in [0, 0.1) is 0 Å². The van der Waals surface area contributed by atoms with Crippen molar-refractivity contribution in [3.8, 4) is 5.75 Å². The Labute approximate surface area is 158 Å². The van der Waals surface area contributed by atoms with E-state index in [1.807, 2.05) is 0 Å². The van der Waals surface area contributed by atoms with E-state index in [1.165, 1.54) is 31.4 Å². The van der Waals surface area contributed by atoms with Crippen LogP contribution in [0.5, 0.6) is 5.75 Å². The first-order valence-corrected chi connectivity index (χ1v) is 8.21. The van der Waals surface area contributed by atoms with Gasteiger partial charge in [0.1, 0.15) is 17.6 Å². The first kappa shape index (κ1) is 22.1. The third kappa shape index (κ3) is 3.98. The zero-order valence-corrected chi connectivity index (χ0v) is 15.2. The van der Waals surface area contributed by atoms with Crippen LogP contribution < -0.4 is 4.74 Å². The standard InChI is InChI=1S/C16H13F6NO4S/c1-25-8-27-14(15(17,18)19,16(20,21)22)13-23-7-11(28-13)12(24)9-3-5-10(26-2)6-4-9/h3-7H,8H2,1-2H3. The number of methoxy groups -OCH3 is 2. The van der Waals surface area contributed by atoms with Crippen LogP contribution in [0.25, 0.3) is 0 Å². The van der Waals surface area contributed by atoms with Crippen molar-refractivity contribution < 1.29 is 45.3 Å². The number of hydrogen-bond acceptors (Lipinski definition) is 6. The minimum absolute atomic E-state index is 0.0402. The number of nitrogens with zero attached hydrogens (tertiary/aromatic N) is 1. The number of ketones is 1. The molecule has 28 heavy (non-hydrogen) atoms. The number of rotatable bonds is 7. The first-order chi connectivity index (χ1) is 13.0. The molecule has 0 spiro atoms. The molecule has 0 atom stereocenters. The van der Waals surface area contributed by atoms with Gasteiger partial charge in [-0.15, -0.1) is 11.3 Å². The number of carbonyl (C=O) groups is 1. The van der Waals surface area contributed by atoms with Crippen LogP contribution >= 0.6 is 11.3 Å². The summed E-state index contributed by atoms with van der Waals surface area (Å²) in [6.07, 6.45) is -11.2. The van der Waals surface area contributed by atoms with Gasteiger partial charge in [0, 0.05) is 18.9 Å². The fourth-order valence-corrected chi connectivity index (χ4v) is 3.27. The van der Waals surface area contributed by atoms with E-state index in [2.05, 4.69) is 14.5 Å². The lowest BCUT2D eigenvalue weighted by Gasteiger charge is -2.34. The van der Waals surface area contributed by atoms with Crippen molar-refractivity contribution >= 4 is 17.1 Å². The maximum Gasteiger partial charge on any atom is 0.433 e. The molecule has 0 aliphatic heterocycles. The van der Waals surface area contributed by atoms with Crippen molar-refractivity contribution in [1.29, 1.82) is 0 Å². The van der Waals surface area contributed by atoms with Crippen molar-refractivity contribution in [2.45, 2.75) is 18.0 Å². The molecule has 0 bridgehead atoms. The minimum atomic E-state index is -5.90. The highest BCUT2D eigenvalue weighted by Crippen LogP contribution is 2.53. The van der Waals surface area contributed by atoms with Gasteiger partial charge in [0.25, 0.3) is 0 Å². The van der Waals surface area contributed by atoms with Gasteiger partial charge >= 0.3 is 18.0 Å². The van der Waals surface area contributed by atoms with E-state index in [0.29, 0.717) is 11.9 Å². The van der Waals surface area contributed by atoms with Crippen molar-refractivity contribution in [1.82, 2.24) is 4.98 Å². The number of halogens is 6. The fourth-order valence-electron chi connectivity index (χ4n) is 2.20. The molecule has 0 aliphatic carbocycles. The number of aromatic nitrogens is 1. The summed E-state index contributed by atoms with van der Waals surface area (Å²) in [5.74, 6) is -0.376. The van der Waals surface area contributed by atoms with E-state index in [-0.39, 0.29) is 16.9 Å². The van der Waals surface area contributed by atoms with Crippen LogP contribution in [0.4, 0.5) is 26.3 Å². The molecule has 154 valence electrons. The van der Waals surface area contributed by atoms with Crippen molar-refractivity contribution in [3.63, 3.8) is 0 Å². The second-order valence-electron chi connectivity index (χ2n) is 5.31. The monoisotopic (exact) mass is 429 g/mol. The summed E-state index contributed by atoms with van der Waals surface area (Å²) in [5.41, 5.74) is -4.68. The van der Waals surface area contributed by atoms with E-state index in [1.54, 1.807) is 0 Å². The van der Waals surface area contributed by atoms with Crippen molar-refractivity contribution in [3.05, 3.63) is 45.9 Å². The van der Waals surface area contributed by atoms with Gasteiger partial charge in [-0.2, -0.15) is 26.3 Å². The van der Waals surface area contributed by atoms with Gasteiger partial charge in [-0.05, 0) is 24.3 Å². The van der Waals surface area contributed by atoms with Gasteiger partial charge in [-0.1, -0.05) is 0 Å². The molecule has 12 heteroatoms. The van der Waals surface area contributed by atoms with E-state index >= 15 is 0 Å². The molecule has 1 heterocycles. The first-order valence-electron chi connectivity index (χ1n) is 7.39. The molecule has 0 N–H and O–H groups in total. The predicted molar refractivity (Wildman–Crippen MR) is 85.3 cm³/mol.